The van der Waals surface area contributed by atoms with E-state index in [1.165, 1.54) is 57.1 Å². The second-order valence-corrected chi connectivity index (χ2v) is 12.6. The van der Waals surface area contributed by atoms with Gasteiger partial charge in [0, 0.05) is 14.4 Å². The Morgan fingerprint density at radius 3 is 2.32 bits per heavy atom. The van der Waals surface area contributed by atoms with E-state index in [9.17, 15) is 4.39 Å². The van der Waals surface area contributed by atoms with Crippen molar-refractivity contribution in [3.63, 3.8) is 0 Å². The summed E-state index contributed by atoms with van der Waals surface area (Å²) in [4.78, 5) is 0. The first-order chi connectivity index (χ1) is 13.7. The minimum atomic E-state index is -0.358. The summed E-state index contributed by atoms with van der Waals surface area (Å²) < 4.78 is 12.9. The van der Waals surface area contributed by atoms with Gasteiger partial charge in [-0.3, -0.25) is 0 Å². The van der Waals surface area contributed by atoms with Gasteiger partial charge in [-0.05, 0) is 73.8 Å². The number of halogens is 1. The highest BCUT2D eigenvalue weighted by Gasteiger charge is 2.30. The fourth-order valence-electron chi connectivity index (χ4n) is 5.28. The van der Waals surface area contributed by atoms with Crippen LogP contribution in [-0.2, 0) is 0 Å². The number of rotatable bonds is 6. The van der Waals surface area contributed by atoms with Crippen LogP contribution in [0.2, 0.25) is 18.1 Å². The highest BCUT2D eigenvalue weighted by molar-refractivity contribution is 6.58. The van der Waals surface area contributed by atoms with E-state index in [-0.39, 0.29) is 14.6 Å². The van der Waals surface area contributed by atoms with E-state index < -0.39 is 0 Å². The molecule has 0 radical (unpaired) electrons. The molecule has 1 aromatic rings. The van der Waals surface area contributed by atoms with Gasteiger partial charge in [0.15, 0.2) is 0 Å². The maximum Gasteiger partial charge on any atom is 0.123 e. The average Bonchev–Trinajstić information content (AvgIpc) is 2.74. The summed E-state index contributed by atoms with van der Waals surface area (Å²) in [6, 6.07) is 11.3. The molecule has 1 aliphatic heterocycles. The minimum absolute atomic E-state index is 0.204. The highest BCUT2D eigenvalue weighted by atomic mass is 28.3. The van der Waals surface area contributed by atoms with Crippen molar-refractivity contribution < 1.29 is 4.39 Å². The molecule has 0 N–H and O–H groups in total. The van der Waals surface area contributed by atoms with Crippen molar-refractivity contribution in [2.24, 2.45) is 17.8 Å². The lowest BCUT2D eigenvalue weighted by atomic mass is 9.74. The molecule has 1 aliphatic carbocycles. The molecule has 0 spiro atoms. The standard InChI is InChI=1S/C26H37FSi/c1-2-3-6-19-28-20-17-25(18-21-28)24-13-9-22(10-14-24)7-4-5-8-23-11-15-26(27)16-12-23/h4,7,11-12,15-16,22,24-25,28H,2-3,6,9-10,13-14,17-21H2,1H3/t22-,24-,25-,28-. The van der Waals surface area contributed by atoms with E-state index >= 15 is 0 Å². The average molecular weight is 397 g/mol. The summed E-state index contributed by atoms with van der Waals surface area (Å²) in [7, 11) is -0.358. The van der Waals surface area contributed by atoms with Crippen molar-refractivity contribution in [3.8, 4) is 11.8 Å². The predicted molar refractivity (Wildman–Crippen MR) is 122 cm³/mol. The lowest BCUT2D eigenvalue weighted by molar-refractivity contribution is 0.208. The molecular formula is C26H37FSi. The Morgan fingerprint density at radius 2 is 1.64 bits per heavy atom. The number of hydrogen-bond donors (Lipinski definition) is 0. The minimum Gasteiger partial charge on any atom is -0.207 e. The molecule has 0 atom stereocenters. The van der Waals surface area contributed by atoms with E-state index in [1.54, 1.807) is 43.1 Å². The normalized spacial score (nSPS) is 28.1. The molecule has 3 rings (SSSR count). The van der Waals surface area contributed by atoms with Crippen LogP contribution in [-0.4, -0.2) is 8.80 Å². The lowest BCUT2D eigenvalue weighted by Crippen LogP contribution is -2.28. The highest BCUT2D eigenvalue weighted by Crippen LogP contribution is 2.41. The number of hydrogen-bond acceptors (Lipinski definition) is 0. The van der Waals surface area contributed by atoms with Crippen LogP contribution >= 0.6 is 0 Å². The van der Waals surface area contributed by atoms with Gasteiger partial charge < -0.3 is 0 Å². The van der Waals surface area contributed by atoms with Crippen molar-refractivity contribution >= 4 is 8.80 Å². The molecule has 0 nitrogen and oxygen atoms in total. The quantitative estimate of drug-likeness (QED) is 0.267. The topological polar surface area (TPSA) is 0 Å². The summed E-state index contributed by atoms with van der Waals surface area (Å²) >= 11 is 0. The van der Waals surface area contributed by atoms with Crippen LogP contribution in [0.1, 0.15) is 70.3 Å². The number of unbranched alkanes of at least 4 members (excludes halogenated alkanes) is 2. The lowest BCUT2D eigenvalue weighted by Gasteiger charge is -2.37. The summed E-state index contributed by atoms with van der Waals surface area (Å²) in [6.07, 6.45) is 17.3. The van der Waals surface area contributed by atoms with E-state index in [2.05, 4.69) is 24.8 Å². The van der Waals surface area contributed by atoms with E-state index in [1.807, 2.05) is 6.08 Å². The Kier molecular flexibility index (Phi) is 8.87. The van der Waals surface area contributed by atoms with Crippen molar-refractivity contribution in [1.82, 2.24) is 0 Å². The maximum absolute atomic E-state index is 12.9. The van der Waals surface area contributed by atoms with E-state index in [0.29, 0.717) is 5.92 Å². The van der Waals surface area contributed by atoms with E-state index in [0.717, 1.165) is 17.4 Å². The Morgan fingerprint density at radius 1 is 0.964 bits per heavy atom. The van der Waals surface area contributed by atoms with Crippen LogP contribution < -0.4 is 0 Å². The van der Waals surface area contributed by atoms with Gasteiger partial charge in [0.05, 0.1) is 0 Å². The molecule has 152 valence electrons. The summed E-state index contributed by atoms with van der Waals surface area (Å²) in [5.41, 5.74) is 0.878. The van der Waals surface area contributed by atoms with E-state index in [4.69, 9.17) is 0 Å². The Bertz CT molecular complexity index is 650. The summed E-state index contributed by atoms with van der Waals surface area (Å²) in [6.45, 7) is 2.32. The van der Waals surface area contributed by atoms with Gasteiger partial charge in [-0.1, -0.05) is 75.1 Å². The maximum atomic E-state index is 12.9. The van der Waals surface area contributed by atoms with Crippen LogP contribution in [0.5, 0.6) is 0 Å². The Hall–Kier alpha value is -1.33. The van der Waals surface area contributed by atoms with Crippen molar-refractivity contribution in [2.75, 3.05) is 0 Å². The zero-order valence-electron chi connectivity index (χ0n) is 17.6. The molecule has 0 amide bonds. The largest absolute Gasteiger partial charge is 0.207 e. The molecule has 0 bridgehead atoms. The van der Waals surface area contributed by atoms with Gasteiger partial charge in [0.1, 0.15) is 5.82 Å². The zero-order valence-corrected chi connectivity index (χ0v) is 18.8. The van der Waals surface area contributed by atoms with Gasteiger partial charge in [0.25, 0.3) is 0 Å². The predicted octanol–water partition coefficient (Wildman–Crippen LogP) is 7.37. The third-order valence-corrected chi connectivity index (χ3v) is 10.6. The van der Waals surface area contributed by atoms with Gasteiger partial charge in [-0.25, -0.2) is 4.39 Å². The molecule has 28 heavy (non-hydrogen) atoms. The molecule has 2 aliphatic rings. The zero-order chi connectivity index (χ0) is 19.6. The summed E-state index contributed by atoms with van der Waals surface area (Å²) in [5.74, 6) is 8.76. The molecule has 2 fully saturated rings. The number of benzene rings is 1. The molecule has 1 saturated carbocycles. The first-order valence-electron chi connectivity index (χ1n) is 11.7. The van der Waals surface area contributed by atoms with Crippen LogP contribution in [0.4, 0.5) is 4.39 Å². The Labute approximate surface area is 173 Å². The smallest absolute Gasteiger partial charge is 0.123 e. The van der Waals surface area contributed by atoms with Crippen LogP contribution in [0, 0.1) is 35.4 Å². The first-order valence-corrected chi connectivity index (χ1v) is 14.1. The van der Waals surface area contributed by atoms with Crippen LogP contribution in [0.25, 0.3) is 0 Å². The van der Waals surface area contributed by atoms with Crippen LogP contribution in [0.3, 0.4) is 0 Å². The second-order valence-electron chi connectivity index (χ2n) is 9.09. The van der Waals surface area contributed by atoms with Gasteiger partial charge in [-0.2, -0.15) is 0 Å². The monoisotopic (exact) mass is 396 g/mol. The van der Waals surface area contributed by atoms with Gasteiger partial charge in [-0.15, -0.1) is 0 Å². The fourth-order valence-corrected chi connectivity index (χ4v) is 8.81. The molecule has 1 aromatic carbocycles. The SMILES string of the molecule is CCCCC[Si@H]1CC[C@H]([C@H]2CC[C@H](C=CC#Cc3ccc(F)cc3)CC2)CC1. The third-order valence-electron chi connectivity index (χ3n) is 7.10. The van der Waals surface area contributed by atoms with Crippen molar-refractivity contribution in [1.29, 1.82) is 0 Å². The molecule has 0 aromatic heterocycles. The van der Waals surface area contributed by atoms with Crippen LogP contribution in [0.15, 0.2) is 36.4 Å². The Balaban J connectivity index is 1.35. The second kappa shape index (κ2) is 11.6. The third kappa shape index (κ3) is 6.93. The molecule has 2 heteroatoms. The number of allylic oxidation sites excluding steroid dienone is 2. The van der Waals surface area contributed by atoms with Gasteiger partial charge >= 0.3 is 0 Å². The fraction of sp³-hybridized carbons (Fsp3) is 0.615. The molecular weight excluding hydrogens is 359 g/mol. The van der Waals surface area contributed by atoms with Crippen molar-refractivity contribution in [3.05, 3.63) is 47.8 Å². The molecule has 0 unspecified atom stereocenters. The van der Waals surface area contributed by atoms with Gasteiger partial charge in [0.2, 0.25) is 0 Å². The summed E-state index contributed by atoms with van der Waals surface area (Å²) in [5, 5.41) is 0. The molecule has 1 heterocycles. The van der Waals surface area contributed by atoms with Crippen molar-refractivity contribution in [2.45, 2.75) is 82.8 Å². The molecule has 1 saturated heterocycles. The first kappa shape index (κ1) is 21.4.